The van der Waals surface area contributed by atoms with Gasteiger partial charge < -0.3 is 10.4 Å². The van der Waals surface area contributed by atoms with E-state index in [1.165, 1.54) is 0 Å². The van der Waals surface area contributed by atoms with Gasteiger partial charge in [-0.1, -0.05) is 25.4 Å². The van der Waals surface area contributed by atoms with Crippen LogP contribution in [0.5, 0.6) is 5.75 Å². The maximum absolute atomic E-state index is 12.2. The van der Waals surface area contributed by atoms with Crippen molar-refractivity contribution >= 4 is 23.2 Å². The third-order valence-electron chi connectivity index (χ3n) is 3.86. The summed E-state index contributed by atoms with van der Waals surface area (Å²) in [4.78, 5) is 12.2. The first-order chi connectivity index (χ1) is 10.8. The zero-order valence-corrected chi connectivity index (χ0v) is 14.6. The Labute approximate surface area is 141 Å². The van der Waals surface area contributed by atoms with Crippen molar-refractivity contribution < 1.29 is 9.90 Å². The normalized spacial score (nSPS) is 11.0. The predicted octanol–water partition coefficient (Wildman–Crippen LogP) is 4.01. The smallest absolute Gasteiger partial charge is 0.226 e. The minimum atomic E-state index is -0.0977. The first kappa shape index (κ1) is 17.3. The number of nitrogens with zero attached hydrogens (tertiary/aromatic N) is 2. The van der Waals surface area contributed by atoms with Gasteiger partial charge in [-0.25, -0.2) is 0 Å². The molecule has 1 aromatic heterocycles. The number of nitrogens with one attached hydrogen (secondary N) is 1. The Bertz CT molecular complexity index is 723. The van der Waals surface area contributed by atoms with Crippen molar-refractivity contribution in [2.24, 2.45) is 0 Å². The molecule has 0 atom stereocenters. The number of carbonyl (C=O) groups is 1. The van der Waals surface area contributed by atoms with Crippen molar-refractivity contribution in [3.8, 4) is 5.75 Å². The number of hydrogen-bond acceptors (Lipinski definition) is 3. The number of phenolic OH excluding ortho intramolecular Hbond substituents is 1. The molecule has 6 heteroatoms. The largest absolute Gasteiger partial charge is 0.508 e. The monoisotopic (exact) mass is 335 g/mol. The molecule has 1 heterocycles. The Morgan fingerprint density at radius 1 is 1.39 bits per heavy atom. The fraction of sp³-hybridized carbons (Fsp3) is 0.412. The minimum Gasteiger partial charge on any atom is -0.508 e. The van der Waals surface area contributed by atoms with Gasteiger partial charge in [0, 0.05) is 12.1 Å². The molecule has 23 heavy (non-hydrogen) atoms. The topological polar surface area (TPSA) is 67.2 Å². The second-order valence-corrected chi connectivity index (χ2v) is 6.39. The lowest BCUT2D eigenvalue weighted by atomic mass is 9.99. The fourth-order valence-corrected chi connectivity index (χ4v) is 2.52. The maximum atomic E-state index is 12.2. The van der Waals surface area contributed by atoms with E-state index in [-0.39, 0.29) is 17.6 Å². The lowest BCUT2D eigenvalue weighted by molar-refractivity contribution is -0.116. The first-order valence-electron chi connectivity index (χ1n) is 7.61. The van der Waals surface area contributed by atoms with Crippen LogP contribution in [0.2, 0.25) is 5.02 Å². The molecule has 0 spiro atoms. The van der Waals surface area contributed by atoms with E-state index in [1.807, 2.05) is 33.8 Å². The number of benzene rings is 1. The van der Waals surface area contributed by atoms with Gasteiger partial charge in [-0.2, -0.15) is 5.10 Å². The van der Waals surface area contributed by atoms with Gasteiger partial charge in [0.1, 0.15) is 5.75 Å². The third kappa shape index (κ3) is 4.05. The second kappa shape index (κ2) is 7.04. The first-order valence-corrected chi connectivity index (χ1v) is 7.98. The molecule has 0 bridgehead atoms. The summed E-state index contributed by atoms with van der Waals surface area (Å²) >= 11 is 5.95. The summed E-state index contributed by atoms with van der Waals surface area (Å²) in [7, 11) is 0. The Kier molecular flexibility index (Phi) is 5.31. The highest BCUT2D eigenvalue weighted by atomic mass is 35.5. The Morgan fingerprint density at radius 2 is 2.09 bits per heavy atom. The third-order valence-corrected chi connectivity index (χ3v) is 4.23. The number of carbonyl (C=O) groups excluding carboxylic acids is 1. The van der Waals surface area contributed by atoms with Crippen LogP contribution in [-0.2, 0) is 11.3 Å². The molecule has 0 saturated carbocycles. The molecule has 1 amide bonds. The molecule has 0 unspecified atom stereocenters. The molecule has 0 aliphatic carbocycles. The van der Waals surface area contributed by atoms with Crippen molar-refractivity contribution in [3.05, 3.63) is 40.2 Å². The van der Waals surface area contributed by atoms with Gasteiger partial charge in [0.15, 0.2) is 0 Å². The summed E-state index contributed by atoms with van der Waals surface area (Å²) in [6, 6.07) is 3.52. The number of anilines is 1. The van der Waals surface area contributed by atoms with Crippen LogP contribution in [0.4, 0.5) is 5.69 Å². The van der Waals surface area contributed by atoms with E-state index in [0.29, 0.717) is 18.0 Å². The minimum absolute atomic E-state index is 0.0977. The number of hydrogen-bond donors (Lipinski definition) is 2. The molecular weight excluding hydrogens is 314 g/mol. The van der Waals surface area contributed by atoms with E-state index in [1.54, 1.807) is 16.9 Å². The van der Waals surface area contributed by atoms with Crippen molar-refractivity contribution in [2.75, 3.05) is 5.32 Å². The van der Waals surface area contributed by atoms with E-state index in [2.05, 4.69) is 10.4 Å². The molecule has 5 nitrogen and oxygen atoms in total. The molecule has 2 rings (SSSR count). The van der Waals surface area contributed by atoms with Gasteiger partial charge in [0.25, 0.3) is 0 Å². The van der Waals surface area contributed by atoms with Gasteiger partial charge >= 0.3 is 0 Å². The number of phenols is 1. The van der Waals surface area contributed by atoms with Gasteiger partial charge in [0.05, 0.1) is 23.5 Å². The summed E-state index contributed by atoms with van der Waals surface area (Å²) in [6.07, 6.45) is 1.88. The predicted molar refractivity (Wildman–Crippen MR) is 92.2 cm³/mol. The number of amides is 1. The second-order valence-electron chi connectivity index (χ2n) is 5.98. The van der Waals surface area contributed by atoms with E-state index >= 15 is 0 Å². The van der Waals surface area contributed by atoms with Crippen molar-refractivity contribution in [1.29, 1.82) is 0 Å². The molecule has 0 aliphatic heterocycles. The van der Waals surface area contributed by atoms with Crippen molar-refractivity contribution in [2.45, 2.75) is 46.6 Å². The average Bonchev–Trinajstić information content (AvgIpc) is 2.79. The van der Waals surface area contributed by atoms with Gasteiger partial charge in [-0.15, -0.1) is 0 Å². The van der Waals surface area contributed by atoms with E-state index in [4.69, 9.17) is 11.6 Å². The van der Waals surface area contributed by atoms with E-state index in [9.17, 15) is 9.90 Å². The van der Waals surface area contributed by atoms with Gasteiger partial charge in [-0.3, -0.25) is 9.48 Å². The van der Waals surface area contributed by atoms with Crippen LogP contribution in [0.25, 0.3) is 0 Å². The van der Waals surface area contributed by atoms with Crippen molar-refractivity contribution in [3.63, 3.8) is 0 Å². The molecule has 124 valence electrons. The SMILES string of the molecule is Cc1cc(O)c(C(C)C)cc1NC(=O)CCn1ncc(Cl)c1C. The molecular formula is C17H22ClN3O2. The van der Waals surface area contributed by atoms with Crippen LogP contribution >= 0.6 is 11.6 Å². The Hall–Kier alpha value is -2.01. The summed E-state index contributed by atoms with van der Waals surface area (Å²) in [5.74, 6) is 0.344. The molecule has 0 radical (unpaired) electrons. The number of rotatable bonds is 5. The highest BCUT2D eigenvalue weighted by Crippen LogP contribution is 2.31. The van der Waals surface area contributed by atoms with Gasteiger partial charge in [0.2, 0.25) is 5.91 Å². The van der Waals surface area contributed by atoms with Gasteiger partial charge in [-0.05, 0) is 43.0 Å². The number of aromatic hydroxyl groups is 1. The summed E-state index contributed by atoms with van der Waals surface area (Å²) in [5.41, 5.74) is 3.23. The highest BCUT2D eigenvalue weighted by Gasteiger charge is 2.12. The number of aromatic nitrogens is 2. The Morgan fingerprint density at radius 3 is 2.65 bits per heavy atom. The Balaban J connectivity index is 2.05. The zero-order chi connectivity index (χ0) is 17.1. The van der Waals surface area contributed by atoms with E-state index < -0.39 is 0 Å². The highest BCUT2D eigenvalue weighted by molar-refractivity contribution is 6.31. The lowest BCUT2D eigenvalue weighted by Gasteiger charge is -2.14. The standard InChI is InChI=1S/C17H22ClN3O2/c1-10(2)13-8-15(11(3)7-16(13)22)20-17(23)5-6-21-12(4)14(18)9-19-21/h7-10,22H,5-6H2,1-4H3,(H,20,23). The summed E-state index contributed by atoms with van der Waals surface area (Å²) < 4.78 is 1.71. The lowest BCUT2D eigenvalue weighted by Crippen LogP contribution is -2.16. The maximum Gasteiger partial charge on any atom is 0.226 e. The van der Waals surface area contributed by atoms with E-state index in [0.717, 1.165) is 22.5 Å². The molecule has 0 aliphatic rings. The molecule has 2 N–H and O–H groups in total. The molecule has 0 saturated heterocycles. The zero-order valence-electron chi connectivity index (χ0n) is 13.9. The summed E-state index contributed by atoms with van der Waals surface area (Å²) in [6.45, 7) is 8.20. The molecule has 0 fully saturated rings. The average molecular weight is 336 g/mol. The van der Waals surface area contributed by atoms with Crippen LogP contribution in [0.3, 0.4) is 0 Å². The molecule has 2 aromatic rings. The quantitative estimate of drug-likeness (QED) is 0.811. The van der Waals surface area contributed by atoms with Crippen molar-refractivity contribution in [1.82, 2.24) is 9.78 Å². The summed E-state index contributed by atoms with van der Waals surface area (Å²) in [5, 5.41) is 17.6. The number of halogens is 1. The van der Waals surface area contributed by atoms with Crippen LogP contribution in [-0.4, -0.2) is 20.8 Å². The van der Waals surface area contributed by atoms with Crippen LogP contribution < -0.4 is 5.32 Å². The van der Waals surface area contributed by atoms with Crippen LogP contribution in [0, 0.1) is 13.8 Å². The molecule has 1 aromatic carbocycles. The van der Waals surface area contributed by atoms with Crippen LogP contribution in [0.1, 0.15) is 43.0 Å². The number of aryl methyl sites for hydroxylation is 2. The van der Waals surface area contributed by atoms with Crippen LogP contribution in [0.15, 0.2) is 18.3 Å². The fourth-order valence-electron chi connectivity index (χ4n) is 2.38.